The zero-order valence-electron chi connectivity index (χ0n) is 12.3. The summed E-state index contributed by atoms with van der Waals surface area (Å²) >= 11 is 0. The Morgan fingerprint density at radius 2 is 2.21 bits per heavy atom. The standard InChI is InChI=1S/C14H26N2O3/c1-4-11(2)16(12(3)17)8-7-14(18)15-10-13-6-5-9-19-13/h11,13H,4-10H2,1-3H3,(H,15,18). The third-order valence-electron chi connectivity index (χ3n) is 3.66. The first kappa shape index (κ1) is 16.0. The van der Waals surface area contributed by atoms with Gasteiger partial charge < -0.3 is 15.0 Å². The molecule has 5 nitrogen and oxygen atoms in total. The highest BCUT2D eigenvalue weighted by Gasteiger charge is 2.18. The summed E-state index contributed by atoms with van der Waals surface area (Å²) in [5.41, 5.74) is 0. The number of carbonyl (C=O) groups is 2. The van der Waals surface area contributed by atoms with Gasteiger partial charge in [-0.2, -0.15) is 0 Å². The maximum absolute atomic E-state index is 11.7. The van der Waals surface area contributed by atoms with Crippen LogP contribution in [0.25, 0.3) is 0 Å². The molecular formula is C14H26N2O3. The molecule has 0 saturated carbocycles. The smallest absolute Gasteiger partial charge is 0.221 e. The zero-order chi connectivity index (χ0) is 14.3. The summed E-state index contributed by atoms with van der Waals surface area (Å²) in [6, 6.07) is 0.184. The summed E-state index contributed by atoms with van der Waals surface area (Å²) in [5, 5.41) is 2.87. The van der Waals surface area contributed by atoms with Crippen LogP contribution in [-0.2, 0) is 14.3 Å². The Labute approximate surface area is 115 Å². The van der Waals surface area contributed by atoms with Crippen molar-refractivity contribution in [2.24, 2.45) is 0 Å². The van der Waals surface area contributed by atoms with Crippen LogP contribution in [0.2, 0.25) is 0 Å². The summed E-state index contributed by atoms with van der Waals surface area (Å²) in [6.45, 7) is 7.47. The largest absolute Gasteiger partial charge is 0.376 e. The highest BCUT2D eigenvalue weighted by Crippen LogP contribution is 2.10. The van der Waals surface area contributed by atoms with Gasteiger partial charge in [-0.05, 0) is 26.2 Å². The van der Waals surface area contributed by atoms with Crippen LogP contribution in [0.5, 0.6) is 0 Å². The van der Waals surface area contributed by atoms with E-state index in [0.29, 0.717) is 19.5 Å². The van der Waals surface area contributed by atoms with Crippen molar-refractivity contribution in [3.63, 3.8) is 0 Å². The molecule has 1 saturated heterocycles. The van der Waals surface area contributed by atoms with Crippen LogP contribution in [0.1, 0.15) is 46.5 Å². The number of ether oxygens (including phenoxy) is 1. The van der Waals surface area contributed by atoms with E-state index in [1.807, 2.05) is 13.8 Å². The lowest BCUT2D eigenvalue weighted by Gasteiger charge is -2.27. The minimum atomic E-state index is -0.00921. The molecule has 2 amide bonds. The van der Waals surface area contributed by atoms with Crippen molar-refractivity contribution < 1.29 is 14.3 Å². The van der Waals surface area contributed by atoms with Crippen LogP contribution >= 0.6 is 0 Å². The number of rotatable bonds is 7. The van der Waals surface area contributed by atoms with Gasteiger partial charge in [0.15, 0.2) is 0 Å². The summed E-state index contributed by atoms with van der Waals surface area (Å²) in [7, 11) is 0. The van der Waals surface area contributed by atoms with Crippen LogP contribution < -0.4 is 5.32 Å². The number of nitrogens with one attached hydrogen (secondary N) is 1. The Balaban J connectivity index is 2.24. The number of carbonyl (C=O) groups excluding carboxylic acids is 2. The maximum atomic E-state index is 11.7. The first-order valence-electron chi connectivity index (χ1n) is 7.20. The highest BCUT2D eigenvalue weighted by molar-refractivity contribution is 5.78. The molecule has 0 aromatic carbocycles. The van der Waals surface area contributed by atoms with Crippen LogP contribution in [0.15, 0.2) is 0 Å². The fourth-order valence-electron chi connectivity index (χ4n) is 2.25. The molecule has 110 valence electrons. The van der Waals surface area contributed by atoms with Gasteiger partial charge in [0.05, 0.1) is 6.10 Å². The molecule has 0 spiro atoms. The van der Waals surface area contributed by atoms with Crippen molar-refractivity contribution >= 4 is 11.8 Å². The van der Waals surface area contributed by atoms with Crippen LogP contribution in [0.4, 0.5) is 0 Å². The Hall–Kier alpha value is -1.10. The second-order valence-electron chi connectivity index (χ2n) is 5.16. The van der Waals surface area contributed by atoms with Gasteiger partial charge in [0.25, 0.3) is 0 Å². The molecule has 1 heterocycles. The zero-order valence-corrected chi connectivity index (χ0v) is 12.3. The number of hydrogen-bond acceptors (Lipinski definition) is 3. The summed E-state index contributed by atoms with van der Waals surface area (Å²) < 4.78 is 5.44. The molecule has 1 rings (SSSR count). The predicted octanol–water partition coefficient (Wildman–Crippen LogP) is 1.32. The Morgan fingerprint density at radius 3 is 2.74 bits per heavy atom. The van der Waals surface area contributed by atoms with E-state index in [-0.39, 0.29) is 24.0 Å². The second kappa shape index (κ2) is 8.15. The average molecular weight is 270 g/mol. The maximum Gasteiger partial charge on any atom is 0.221 e. The lowest BCUT2D eigenvalue weighted by Crippen LogP contribution is -2.40. The van der Waals surface area contributed by atoms with Gasteiger partial charge in [-0.15, -0.1) is 0 Å². The molecule has 1 N–H and O–H groups in total. The number of amides is 2. The first-order chi connectivity index (χ1) is 9.04. The molecule has 0 bridgehead atoms. The van der Waals surface area contributed by atoms with Gasteiger partial charge in [-0.1, -0.05) is 6.92 Å². The topological polar surface area (TPSA) is 58.6 Å². The third-order valence-corrected chi connectivity index (χ3v) is 3.66. The lowest BCUT2D eigenvalue weighted by atomic mass is 10.2. The SMILES string of the molecule is CCC(C)N(CCC(=O)NCC1CCCO1)C(C)=O. The van der Waals surface area contributed by atoms with Crippen molar-refractivity contribution in [3.05, 3.63) is 0 Å². The quantitative estimate of drug-likeness (QED) is 0.759. The molecule has 2 unspecified atom stereocenters. The van der Waals surface area contributed by atoms with E-state index in [4.69, 9.17) is 4.74 Å². The van der Waals surface area contributed by atoms with E-state index in [2.05, 4.69) is 5.32 Å². The molecule has 0 aromatic rings. The lowest BCUT2D eigenvalue weighted by molar-refractivity contribution is -0.131. The van der Waals surface area contributed by atoms with Crippen LogP contribution in [-0.4, -0.2) is 48.6 Å². The molecule has 0 aromatic heterocycles. The second-order valence-corrected chi connectivity index (χ2v) is 5.16. The Bertz CT molecular complexity index is 301. The van der Waals surface area contributed by atoms with Gasteiger partial charge in [0.1, 0.15) is 0 Å². The van der Waals surface area contributed by atoms with E-state index in [1.165, 1.54) is 0 Å². The van der Waals surface area contributed by atoms with E-state index in [0.717, 1.165) is 25.9 Å². The van der Waals surface area contributed by atoms with Gasteiger partial charge in [0.2, 0.25) is 11.8 Å². The highest BCUT2D eigenvalue weighted by atomic mass is 16.5. The minimum absolute atomic E-state index is 0.00921. The van der Waals surface area contributed by atoms with Crippen LogP contribution in [0.3, 0.4) is 0 Å². The van der Waals surface area contributed by atoms with Gasteiger partial charge in [0, 0.05) is 39.1 Å². The van der Waals surface area contributed by atoms with E-state index < -0.39 is 0 Å². The van der Waals surface area contributed by atoms with Crippen molar-refractivity contribution in [1.82, 2.24) is 10.2 Å². The summed E-state index contributed by atoms with van der Waals surface area (Å²) in [4.78, 5) is 25.0. The molecular weight excluding hydrogens is 244 g/mol. The number of hydrogen-bond donors (Lipinski definition) is 1. The van der Waals surface area contributed by atoms with Gasteiger partial charge in [-0.25, -0.2) is 0 Å². The minimum Gasteiger partial charge on any atom is -0.376 e. The molecule has 1 aliphatic rings. The normalized spacial score (nSPS) is 20.1. The fourth-order valence-corrected chi connectivity index (χ4v) is 2.25. The predicted molar refractivity (Wildman–Crippen MR) is 73.7 cm³/mol. The number of nitrogens with zero attached hydrogens (tertiary/aromatic N) is 1. The average Bonchev–Trinajstić information content (AvgIpc) is 2.88. The van der Waals surface area contributed by atoms with E-state index in [9.17, 15) is 9.59 Å². The first-order valence-corrected chi connectivity index (χ1v) is 7.20. The Kier molecular flexibility index (Phi) is 6.84. The fraction of sp³-hybridized carbons (Fsp3) is 0.857. The molecule has 19 heavy (non-hydrogen) atoms. The van der Waals surface area contributed by atoms with Gasteiger partial charge >= 0.3 is 0 Å². The van der Waals surface area contributed by atoms with Crippen molar-refractivity contribution in [1.29, 1.82) is 0 Å². The van der Waals surface area contributed by atoms with Crippen molar-refractivity contribution in [2.75, 3.05) is 19.7 Å². The van der Waals surface area contributed by atoms with Gasteiger partial charge in [-0.3, -0.25) is 9.59 Å². The van der Waals surface area contributed by atoms with Crippen molar-refractivity contribution in [3.8, 4) is 0 Å². The summed E-state index contributed by atoms with van der Waals surface area (Å²) in [6.07, 6.45) is 3.52. The monoisotopic (exact) mass is 270 g/mol. The Morgan fingerprint density at radius 1 is 1.47 bits per heavy atom. The van der Waals surface area contributed by atoms with E-state index in [1.54, 1.807) is 11.8 Å². The molecule has 2 atom stereocenters. The summed E-state index contributed by atoms with van der Waals surface area (Å²) in [5.74, 6) is 0.0197. The molecule has 0 aliphatic carbocycles. The van der Waals surface area contributed by atoms with E-state index >= 15 is 0 Å². The van der Waals surface area contributed by atoms with Crippen molar-refractivity contribution in [2.45, 2.75) is 58.6 Å². The molecule has 1 fully saturated rings. The third kappa shape index (κ3) is 5.59. The van der Waals surface area contributed by atoms with Crippen LogP contribution in [0, 0.1) is 0 Å². The molecule has 5 heteroatoms. The molecule has 1 aliphatic heterocycles. The molecule has 0 radical (unpaired) electrons.